The maximum Gasteiger partial charge on any atom is 0.321 e. The van der Waals surface area contributed by atoms with Crippen LogP contribution in [0.3, 0.4) is 0 Å². The molecule has 0 bridgehead atoms. The van der Waals surface area contributed by atoms with Crippen molar-refractivity contribution in [3.05, 3.63) is 59.4 Å². The summed E-state index contributed by atoms with van der Waals surface area (Å²) in [5.74, 6) is -2.47. The van der Waals surface area contributed by atoms with Gasteiger partial charge in [-0.05, 0) is 50.1 Å². The molecule has 0 heterocycles. The Morgan fingerprint density at radius 3 is 2.50 bits per heavy atom. The van der Waals surface area contributed by atoms with Crippen LogP contribution in [0.15, 0.2) is 47.4 Å². The number of rotatable bonds is 7. The van der Waals surface area contributed by atoms with Crippen molar-refractivity contribution < 1.29 is 27.1 Å². The second-order valence-corrected chi connectivity index (χ2v) is 7.93. The maximum atomic E-state index is 13.6. The van der Waals surface area contributed by atoms with E-state index in [1.165, 1.54) is 19.1 Å². The minimum atomic E-state index is -4.23. The fourth-order valence-electron chi connectivity index (χ4n) is 2.29. The SMILES string of the molecule is Cc1ccc(C)c(NC(=O)[C@@H](C)OC(=O)CNS(=O)(=O)c2ccccc2F)c1. The summed E-state index contributed by atoms with van der Waals surface area (Å²) < 4.78 is 44.6. The molecule has 0 fully saturated rings. The van der Waals surface area contributed by atoms with Crippen LogP contribution < -0.4 is 10.0 Å². The average Bonchev–Trinajstić information content (AvgIpc) is 2.63. The molecule has 0 radical (unpaired) electrons. The lowest BCUT2D eigenvalue weighted by molar-refractivity contribution is -0.151. The third kappa shape index (κ3) is 5.61. The largest absolute Gasteiger partial charge is 0.452 e. The van der Waals surface area contributed by atoms with Crippen molar-refractivity contribution in [1.29, 1.82) is 0 Å². The van der Waals surface area contributed by atoms with Gasteiger partial charge in [0.05, 0.1) is 0 Å². The zero-order valence-electron chi connectivity index (χ0n) is 15.7. The quantitative estimate of drug-likeness (QED) is 0.685. The molecule has 0 aliphatic carbocycles. The van der Waals surface area contributed by atoms with Crippen molar-refractivity contribution in [1.82, 2.24) is 4.72 Å². The summed E-state index contributed by atoms with van der Waals surface area (Å²) in [5, 5.41) is 2.66. The lowest BCUT2D eigenvalue weighted by atomic mass is 10.1. The number of sulfonamides is 1. The van der Waals surface area contributed by atoms with Crippen molar-refractivity contribution in [2.75, 3.05) is 11.9 Å². The Balaban J connectivity index is 1.92. The molecule has 2 aromatic carbocycles. The van der Waals surface area contributed by atoms with Crippen LogP contribution in [0.2, 0.25) is 0 Å². The molecule has 0 aliphatic heterocycles. The molecule has 0 saturated carbocycles. The average molecular weight is 408 g/mol. The molecule has 28 heavy (non-hydrogen) atoms. The van der Waals surface area contributed by atoms with Gasteiger partial charge in [0.15, 0.2) is 6.10 Å². The monoisotopic (exact) mass is 408 g/mol. The summed E-state index contributed by atoms with van der Waals surface area (Å²) in [6.45, 7) is 4.32. The van der Waals surface area contributed by atoms with Gasteiger partial charge in [0.1, 0.15) is 17.3 Å². The van der Waals surface area contributed by atoms with Crippen LogP contribution in [0.4, 0.5) is 10.1 Å². The lowest BCUT2D eigenvalue weighted by Crippen LogP contribution is -2.36. The van der Waals surface area contributed by atoms with Crippen molar-refractivity contribution in [2.24, 2.45) is 0 Å². The Morgan fingerprint density at radius 1 is 1.14 bits per heavy atom. The predicted molar refractivity (Wildman–Crippen MR) is 102 cm³/mol. The molecular formula is C19H21FN2O5S. The Bertz CT molecular complexity index is 992. The first-order chi connectivity index (χ1) is 13.1. The Hall–Kier alpha value is -2.78. The van der Waals surface area contributed by atoms with Gasteiger partial charge in [0, 0.05) is 5.69 Å². The van der Waals surface area contributed by atoms with Crippen LogP contribution in [-0.2, 0) is 24.3 Å². The van der Waals surface area contributed by atoms with E-state index in [0.717, 1.165) is 23.3 Å². The van der Waals surface area contributed by atoms with Crippen LogP contribution in [0.5, 0.6) is 0 Å². The van der Waals surface area contributed by atoms with Gasteiger partial charge in [-0.3, -0.25) is 9.59 Å². The molecule has 2 aromatic rings. The third-order valence-electron chi connectivity index (χ3n) is 3.86. The topological polar surface area (TPSA) is 102 Å². The minimum Gasteiger partial charge on any atom is -0.452 e. The molecule has 150 valence electrons. The number of hydrogen-bond donors (Lipinski definition) is 2. The number of esters is 1. The van der Waals surface area contributed by atoms with Crippen LogP contribution in [-0.4, -0.2) is 32.9 Å². The van der Waals surface area contributed by atoms with E-state index in [-0.39, 0.29) is 0 Å². The molecule has 0 spiro atoms. The van der Waals surface area contributed by atoms with E-state index in [1.807, 2.05) is 30.7 Å². The number of amides is 1. The standard InChI is InChI=1S/C19H21FN2O5S/c1-12-8-9-13(2)16(10-12)22-19(24)14(3)27-18(23)11-21-28(25,26)17-7-5-4-6-15(17)20/h4-10,14,21H,11H2,1-3H3,(H,22,24)/t14-/m1/s1. The highest BCUT2D eigenvalue weighted by molar-refractivity contribution is 7.89. The first-order valence-electron chi connectivity index (χ1n) is 8.42. The van der Waals surface area contributed by atoms with Gasteiger partial charge in [0.2, 0.25) is 10.0 Å². The van der Waals surface area contributed by atoms with Gasteiger partial charge in [-0.25, -0.2) is 12.8 Å². The van der Waals surface area contributed by atoms with Crippen LogP contribution in [0, 0.1) is 19.7 Å². The molecule has 0 saturated heterocycles. The van der Waals surface area contributed by atoms with E-state index in [2.05, 4.69) is 5.32 Å². The van der Waals surface area contributed by atoms with E-state index in [1.54, 1.807) is 6.07 Å². The Labute approximate surface area is 163 Å². The van der Waals surface area contributed by atoms with Crippen molar-refractivity contribution >= 4 is 27.6 Å². The van der Waals surface area contributed by atoms with Gasteiger partial charge in [-0.15, -0.1) is 0 Å². The molecule has 1 atom stereocenters. The Morgan fingerprint density at radius 2 is 1.82 bits per heavy atom. The van der Waals surface area contributed by atoms with Gasteiger partial charge in [-0.2, -0.15) is 4.72 Å². The molecule has 0 unspecified atom stereocenters. The van der Waals surface area contributed by atoms with E-state index >= 15 is 0 Å². The number of carbonyl (C=O) groups excluding carboxylic acids is 2. The number of anilines is 1. The second kappa shape index (κ2) is 8.94. The van der Waals surface area contributed by atoms with Crippen molar-refractivity contribution in [3.63, 3.8) is 0 Å². The summed E-state index contributed by atoms with van der Waals surface area (Å²) in [6.07, 6.45) is -1.15. The van der Waals surface area contributed by atoms with E-state index in [9.17, 15) is 22.4 Å². The highest BCUT2D eigenvalue weighted by atomic mass is 32.2. The number of hydrogen-bond acceptors (Lipinski definition) is 5. The summed E-state index contributed by atoms with van der Waals surface area (Å²) >= 11 is 0. The summed E-state index contributed by atoms with van der Waals surface area (Å²) in [6, 6.07) is 10.3. The zero-order valence-corrected chi connectivity index (χ0v) is 16.5. The maximum absolute atomic E-state index is 13.6. The molecule has 2 rings (SSSR count). The number of halogens is 1. The third-order valence-corrected chi connectivity index (χ3v) is 5.30. The van der Waals surface area contributed by atoms with Crippen LogP contribution >= 0.6 is 0 Å². The highest BCUT2D eigenvalue weighted by Crippen LogP contribution is 2.17. The number of benzene rings is 2. The van der Waals surface area contributed by atoms with Crippen molar-refractivity contribution in [3.8, 4) is 0 Å². The predicted octanol–water partition coefficient (Wildman–Crippen LogP) is 2.29. The van der Waals surface area contributed by atoms with Crippen LogP contribution in [0.1, 0.15) is 18.1 Å². The fraction of sp³-hybridized carbons (Fsp3) is 0.263. The van der Waals surface area contributed by atoms with Gasteiger partial charge < -0.3 is 10.1 Å². The summed E-state index contributed by atoms with van der Waals surface area (Å²) in [4.78, 5) is 23.5. The van der Waals surface area contributed by atoms with E-state index < -0.39 is 45.3 Å². The molecular weight excluding hydrogens is 387 g/mol. The summed E-state index contributed by atoms with van der Waals surface area (Å²) in [7, 11) is -4.23. The van der Waals surface area contributed by atoms with Crippen LogP contribution in [0.25, 0.3) is 0 Å². The molecule has 1 amide bonds. The number of aryl methyl sites for hydroxylation is 2. The molecule has 9 heteroatoms. The highest BCUT2D eigenvalue weighted by Gasteiger charge is 2.22. The second-order valence-electron chi connectivity index (χ2n) is 6.19. The van der Waals surface area contributed by atoms with Gasteiger partial charge in [-0.1, -0.05) is 24.3 Å². The van der Waals surface area contributed by atoms with Crippen molar-refractivity contribution in [2.45, 2.75) is 31.8 Å². The number of ether oxygens (including phenoxy) is 1. The minimum absolute atomic E-state index is 0.556. The first kappa shape index (κ1) is 21.5. The zero-order chi connectivity index (χ0) is 20.9. The Kier molecular flexibility index (Phi) is 6.87. The lowest BCUT2D eigenvalue weighted by Gasteiger charge is -2.15. The van der Waals surface area contributed by atoms with E-state index in [0.29, 0.717) is 5.69 Å². The molecule has 0 aromatic heterocycles. The first-order valence-corrected chi connectivity index (χ1v) is 9.90. The molecule has 2 N–H and O–H groups in total. The fourth-order valence-corrected chi connectivity index (χ4v) is 3.34. The molecule has 0 aliphatic rings. The smallest absolute Gasteiger partial charge is 0.321 e. The normalized spacial score (nSPS) is 12.3. The number of nitrogens with one attached hydrogen (secondary N) is 2. The van der Waals surface area contributed by atoms with E-state index in [4.69, 9.17) is 4.74 Å². The molecule has 7 nitrogen and oxygen atoms in total. The van der Waals surface area contributed by atoms with Gasteiger partial charge in [0.25, 0.3) is 5.91 Å². The van der Waals surface area contributed by atoms with Gasteiger partial charge >= 0.3 is 5.97 Å². The number of carbonyl (C=O) groups is 2. The summed E-state index contributed by atoms with van der Waals surface area (Å²) in [5.41, 5.74) is 2.39.